The van der Waals surface area contributed by atoms with E-state index in [4.69, 9.17) is 14.2 Å². The number of hydrogen-bond acceptors (Lipinski definition) is 5. The minimum atomic E-state index is -0.0970. The Kier molecular flexibility index (Phi) is 5.52. The van der Waals surface area contributed by atoms with Crippen LogP contribution in [0.2, 0.25) is 0 Å². The third-order valence-corrected chi connectivity index (χ3v) is 5.96. The number of carbonyl (C=O) groups is 1. The highest BCUT2D eigenvalue weighted by molar-refractivity contribution is 5.69. The molecule has 2 aliphatic rings. The van der Waals surface area contributed by atoms with Gasteiger partial charge in [0.2, 0.25) is 0 Å². The zero-order valence-electron chi connectivity index (χ0n) is 15.7. The summed E-state index contributed by atoms with van der Waals surface area (Å²) in [7, 11) is 4.84. The van der Waals surface area contributed by atoms with Gasteiger partial charge in [-0.05, 0) is 47.9 Å². The van der Waals surface area contributed by atoms with Crippen molar-refractivity contribution in [3.05, 3.63) is 23.3 Å². The zero-order chi connectivity index (χ0) is 18.0. The van der Waals surface area contributed by atoms with E-state index in [1.165, 1.54) is 18.2 Å². The highest BCUT2D eigenvalue weighted by atomic mass is 16.5. The van der Waals surface area contributed by atoms with Crippen LogP contribution in [0.1, 0.15) is 43.4 Å². The number of nitrogens with zero attached hydrogens (tertiary/aromatic N) is 1. The van der Waals surface area contributed by atoms with E-state index in [1.54, 1.807) is 14.2 Å². The first kappa shape index (κ1) is 18.1. The van der Waals surface area contributed by atoms with Crippen LogP contribution in [-0.2, 0) is 16.0 Å². The highest BCUT2D eigenvalue weighted by Gasteiger charge is 2.39. The quantitative estimate of drug-likeness (QED) is 0.766. The molecule has 0 unspecified atom stereocenters. The molecule has 1 aromatic rings. The summed E-state index contributed by atoms with van der Waals surface area (Å²) in [6, 6.07) is 4.60. The molecule has 2 aliphatic heterocycles. The predicted octanol–water partition coefficient (Wildman–Crippen LogP) is 3.21. The molecule has 3 rings (SSSR count). The summed E-state index contributed by atoms with van der Waals surface area (Å²) < 4.78 is 15.9. The second-order valence-corrected chi connectivity index (χ2v) is 7.11. The lowest BCUT2D eigenvalue weighted by Gasteiger charge is -2.47. The molecule has 0 amide bonds. The van der Waals surface area contributed by atoms with E-state index in [0.717, 1.165) is 43.9 Å². The van der Waals surface area contributed by atoms with Crippen molar-refractivity contribution in [2.45, 2.75) is 38.6 Å². The highest BCUT2D eigenvalue weighted by Crippen LogP contribution is 2.45. The monoisotopic (exact) mass is 347 g/mol. The Morgan fingerprint density at radius 3 is 2.52 bits per heavy atom. The molecular weight excluding hydrogens is 318 g/mol. The van der Waals surface area contributed by atoms with E-state index in [0.29, 0.717) is 24.3 Å². The van der Waals surface area contributed by atoms with Crippen molar-refractivity contribution < 1.29 is 19.0 Å². The fraction of sp³-hybridized carbons (Fsp3) is 0.650. The van der Waals surface area contributed by atoms with Gasteiger partial charge in [0.1, 0.15) is 0 Å². The molecule has 5 heteroatoms. The van der Waals surface area contributed by atoms with Crippen molar-refractivity contribution in [1.82, 2.24) is 4.90 Å². The van der Waals surface area contributed by atoms with Gasteiger partial charge in [-0.15, -0.1) is 0 Å². The van der Waals surface area contributed by atoms with Crippen LogP contribution in [0.15, 0.2) is 12.1 Å². The van der Waals surface area contributed by atoms with Crippen molar-refractivity contribution in [3.8, 4) is 11.5 Å². The van der Waals surface area contributed by atoms with Gasteiger partial charge in [-0.25, -0.2) is 0 Å². The Hall–Kier alpha value is -1.75. The normalized spacial score (nSPS) is 25.7. The average molecular weight is 347 g/mol. The summed E-state index contributed by atoms with van der Waals surface area (Å²) in [5.74, 6) is 2.41. The molecule has 0 spiro atoms. The van der Waals surface area contributed by atoms with Crippen LogP contribution in [0.25, 0.3) is 0 Å². The van der Waals surface area contributed by atoms with Crippen LogP contribution in [0.3, 0.4) is 0 Å². The maximum atomic E-state index is 11.9. The van der Waals surface area contributed by atoms with Crippen molar-refractivity contribution in [3.63, 3.8) is 0 Å². The van der Waals surface area contributed by atoms with E-state index in [-0.39, 0.29) is 5.97 Å². The van der Waals surface area contributed by atoms with Gasteiger partial charge in [-0.3, -0.25) is 9.69 Å². The van der Waals surface area contributed by atoms with Gasteiger partial charge in [0.15, 0.2) is 11.5 Å². The topological polar surface area (TPSA) is 48.0 Å². The lowest BCUT2D eigenvalue weighted by Crippen LogP contribution is -2.46. The average Bonchev–Trinajstić information content (AvgIpc) is 2.65. The number of carbonyl (C=O) groups excluding carboxylic acids is 1. The summed E-state index contributed by atoms with van der Waals surface area (Å²) in [5, 5.41) is 0. The molecule has 0 N–H and O–H groups in total. The molecule has 5 nitrogen and oxygen atoms in total. The van der Waals surface area contributed by atoms with Gasteiger partial charge in [-0.2, -0.15) is 0 Å². The Morgan fingerprint density at radius 1 is 1.16 bits per heavy atom. The number of methoxy groups -OCH3 is 3. The largest absolute Gasteiger partial charge is 0.493 e. The number of ether oxygens (including phenoxy) is 3. The number of esters is 1. The molecule has 2 heterocycles. The lowest BCUT2D eigenvalue weighted by molar-refractivity contribution is -0.143. The van der Waals surface area contributed by atoms with Gasteiger partial charge in [0.25, 0.3) is 0 Å². The van der Waals surface area contributed by atoms with Crippen LogP contribution < -0.4 is 9.47 Å². The van der Waals surface area contributed by atoms with Gasteiger partial charge in [0.05, 0.1) is 21.3 Å². The van der Waals surface area contributed by atoms with Gasteiger partial charge >= 0.3 is 5.97 Å². The van der Waals surface area contributed by atoms with Crippen molar-refractivity contribution in [1.29, 1.82) is 0 Å². The van der Waals surface area contributed by atoms with E-state index in [1.807, 2.05) is 0 Å². The first-order valence-corrected chi connectivity index (χ1v) is 9.16. The summed E-state index contributed by atoms with van der Waals surface area (Å²) in [6.45, 7) is 4.34. The van der Waals surface area contributed by atoms with Gasteiger partial charge in [-0.1, -0.05) is 13.3 Å². The van der Waals surface area contributed by atoms with Crippen LogP contribution in [0, 0.1) is 11.8 Å². The Labute approximate surface area is 150 Å². The van der Waals surface area contributed by atoms with Crippen LogP contribution in [-0.4, -0.2) is 45.3 Å². The summed E-state index contributed by atoms with van der Waals surface area (Å²) in [6.07, 6.45) is 3.64. The smallest absolute Gasteiger partial charge is 0.305 e. The number of rotatable bonds is 5. The first-order chi connectivity index (χ1) is 12.1. The van der Waals surface area contributed by atoms with Crippen molar-refractivity contribution in [2.75, 3.05) is 34.4 Å². The fourth-order valence-electron chi connectivity index (χ4n) is 4.51. The molecule has 0 aliphatic carbocycles. The summed E-state index contributed by atoms with van der Waals surface area (Å²) in [4.78, 5) is 14.4. The summed E-state index contributed by atoms with van der Waals surface area (Å²) >= 11 is 0. The molecule has 0 bridgehead atoms. The van der Waals surface area contributed by atoms with E-state index >= 15 is 0 Å². The van der Waals surface area contributed by atoms with E-state index in [2.05, 4.69) is 24.0 Å². The second kappa shape index (κ2) is 7.65. The lowest BCUT2D eigenvalue weighted by atomic mass is 9.74. The van der Waals surface area contributed by atoms with E-state index in [9.17, 15) is 4.79 Å². The van der Waals surface area contributed by atoms with Gasteiger partial charge in [0, 0.05) is 25.6 Å². The Morgan fingerprint density at radius 2 is 1.88 bits per heavy atom. The number of benzene rings is 1. The summed E-state index contributed by atoms with van der Waals surface area (Å²) in [5.41, 5.74) is 2.67. The van der Waals surface area contributed by atoms with E-state index < -0.39 is 0 Å². The third kappa shape index (κ3) is 3.47. The number of hydrogen-bond donors (Lipinski definition) is 0. The number of fused-ring (bicyclic) bond motifs is 3. The molecular formula is C20H29NO4. The Bertz CT molecular complexity index is 630. The molecule has 25 heavy (non-hydrogen) atoms. The molecule has 1 fully saturated rings. The molecule has 1 saturated heterocycles. The van der Waals surface area contributed by atoms with Crippen LogP contribution in [0.4, 0.5) is 0 Å². The molecule has 138 valence electrons. The fourth-order valence-corrected chi connectivity index (χ4v) is 4.51. The maximum Gasteiger partial charge on any atom is 0.305 e. The molecule has 3 atom stereocenters. The SMILES string of the molecule is CC[C@H]1CN2CCc3cc(OC)c(OC)cc3[C@@H]2C[C@@H]1CC(=O)OC. The first-order valence-electron chi connectivity index (χ1n) is 9.16. The zero-order valence-corrected chi connectivity index (χ0v) is 15.7. The maximum absolute atomic E-state index is 11.9. The Balaban J connectivity index is 1.90. The molecule has 0 saturated carbocycles. The molecule has 1 aromatic carbocycles. The number of piperidine rings is 1. The predicted molar refractivity (Wildman–Crippen MR) is 96.1 cm³/mol. The molecule has 0 aromatic heterocycles. The minimum Gasteiger partial charge on any atom is -0.493 e. The standard InChI is InChI=1S/C20H29NO4/c1-5-13-12-21-7-6-14-9-18(23-2)19(24-3)11-16(14)17(21)8-15(13)10-20(22)25-4/h9,11,13,15,17H,5-8,10,12H2,1-4H3/t13-,15+,17-/m0/s1. The van der Waals surface area contributed by atoms with Gasteiger partial charge < -0.3 is 14.2 Å². The van der Waals surface area contributed by atoms with Crippen LogP contribution in [0.5, 0.6) is 11.5 Å². The molecule has 0 radical (unpaired) electrons. The second-order valence-electron chi connectivity index (χ2n) is 7.11. The third-order valence-electron chi connectivity index (χ3n) is 5.96. The minimum absolute atomic E-state index is 0.0970. The van der Waals surface area contributed by atoms with Crippen molar-refractivity contribution >= 4 is 5.97 Å². The van der Waals surface area contributed by atoms with Crippen LogP contribution >= 0.6 is 0 Å². The van der Waals surface area contributed by atoms with Crippen molar-refractivity contribution in [2.24, 2.45) is 11.8 Å².